The Balaban J connectivity index is 2.02. The first kappa shape index (κ1) is 15.7. The molecule has 0 atom stereocenters. The van der Waals surface area contributed by atoms with Crippen LogP contribution in [-0.2, 0) is 21.4 Å². The fourth-order valence-electron chi connectivity index (χ4n) is 2.47. The van der Waals surface area contributed by atoms with E-state index in [-0.39, 0.29) is 16.1 Å². The summed E-state index contributed by atoms with van der Waals surface area (Å²) >= 11 is 0. The number of nitrogens with two attached hydrogens (primary N) is 1. The fourth-order valence-corrected chi connectivity index (χ4v) is 2.99. The molecule has 0 spiro atoms. The number of hydrogen-bond donors (Lipinski definition) is 2. The SMILES string of the molecule is CC1(C)CC(=O)C=C(NCc2ccc(S(N)(=O)=O)cc2)C1. The van der Waals surface area contributed by atoms with Crippen LogP contribution in [0.2, 0.25) is 0 Å². The van der Waals surface area contributed by atoms with Crippen LogP contribution in [-0.4, -0.2) is 14.2 Å². The van der Waals surface area contributed by atoms with Crippen LogP contribution >= 0.6 is 0 Å². The van der Waals surface area contributed by atoms with Crippen LogP contribution in [0.1, 0.15) is 32.3 Å². The summed E-state index contributed by atoms with van der Waals surface area (Å²) in [5, 5.41) is 8.29. The van der Waals surface area contributed by atoms with E-state index in [2.05, 4.69) is 19.2 Å². The third-order valence-corrected chi connectivity index (χ3v) is 4.36. The monoisotopic (exact) mass is 308 g/mol. The summed E-state index contributed by atoms with van der Waals surface area (Å²) in [6.07, 6.45) is 3.05. The normalized spacial score (nSPS) is 18.2. The Kier molecular flexibility index (Phi) is 4.20. The Morgan fingerprint density at radius 3 is 2.33 bits per heavy atom. The maximum Gasteiger partial charge on any atom is 0.238 e. The molecule has 21 heavy (non-hydrogen) atoms. The molecule has 0 radical (unpaired) electrons. The zero-order chi connectivity index (χ0) is 15.7. The predicted octanol–water partition coefficient (Wildman–Crippen LogP) is 1.70. The second-order valence-electron chi connectivity index (χ2n) is 6.20. The molecule has 6 heteroatoms. The summed E-state index contributed by atoms with van der Waals surface area (Å²) in [4.78, 5) is 11.8. The zero-order valence-corrected chi connectivity index (χ0v) is 13.0. The van der Waals surface area contributed by atoms with Crippen molar-refractivity contribution < 1.29 is 13.2 Å². The van der Waals surface area contributed by atoms with Crippen LogP contribution in [0.3, 0.4) is 0 Å². The van der Waals surface area contributed by atoms with Gasteiger partial charge in [0, 0.05) is 24.7 Å². The molecule has 0 saturated carbocycles. The molecule has 0 aliphatic heterocycles. The Labute approximate surface area is 125 Å². The minimum Gasteiger partial charge on any atom is -0.384 e. The van der Waals surface area contributed by atoms with Crippen molar-refractivity contribution in [2.45, 2.75) is 38.1 Å². The molecule has 0 heterocycles. The van der Waals surface area contributed by atoms with E-state index in [1.165, 1.54) is 12.1 Å². The number of rotatable bonds is 4. The highest BCUT2D eigenvalue weighted by atomic mass is 32.2. The summed E-state index contributed by atoms with van der Waals surface area (Å²) in [6.45, 7) is 4.68. The van der Waals surface area contributed by atoms with Crippen molar-refractivity contribution in [3.8, 4) is 0 Å². The van der Waals surface area contributed by atoms with Crippen LogP contribution in [0, 0.1) is 5.41 Å². The summed E-state index contributed by atoms with van der Waals surface area (Å²) in [5.41, 5.74) is 1.83. The van der Waals surface area contributed by atoms with Gasteiger partial charge in [-0.3, -0.25) is 4.79 Å². The van der Waals surface area contributed by atoms with Crippen LogP contribution in [0.15, 0.2) is 40.9 Å². The van der Waals surface area contributed by atoms with E-state index in [4.69, 9.17) is 5.14 Å². The van der Waals surface area contributed by atoms with Gasteiger partial charge in [0.25, 0.3) is 0 Å². The number of ketones is 1. The summed E-state index contributed by atoms with van der Waals surface area (Å²) in [6, 6.07) is 6.39. The molecule has 1 aliphatic rings. The van der Waals surface area contributed by atoms with E-state index >= 15 is 0 Å². The van der Waals surface area contributed by atoms with Crippen LogP contribution < -0.4 is 10.5 Å². The van der Waals surface area contributed by atoms with Gasteiger partial charge in [0.1, 0.15) is 0 Å². The van der Waals surface area contributed by atoms with Crippen molar-refractivity contribution in [1.82, 2.24) is 5.32 Å². The first-order valence-corrected chi connectivity index (χ1v) is 8.29. The average molecular weight is 308 g/mol. The number of primary sulfonamides is 1. The van der Waals surface area contributed by atoms with E-state index < -0.39 is 10.0 Å². The topological polar surface area (TPSA) is 89.3 Å². The number of carbonyl (C=O) groups is 1. The second-order valence-corrected chi connectivity index (χ2v) is 7.76. The second kappa shape index (κ2) is 5.61. The Morgan fingerprint density at radius 1 is 1.19 bits per heavy atom. The van der Waals surface area contributed by atoms with Gasteiger partial charge in [0.05, 0.1) is 4.90 Å². The molecule has 0 bridgehead atoms. The number of allylic oxidation sites excluding steroid dienone is 2. The summed E-state index contributed by atoms with van der Waals surface area (Å²) in [5.74, 6) is 0.137. The Hall–Kier alpha value is -1.66. The van der Waals surface area contributed by atoms with E-state index in [9.17, 15) is 13.2 Å². The average Bonchev–Trinajstić information content (AvgIpc) is 2.33. The standard InChI is InChI=1S/C15H20N2O3S/c1-15(2)8-12(7-13(18)9-15)17-10-11-3-5-14(6-4-11)21(16,19)20/h3-7,17H,8-10H2,1-2H3,(H2,16,19,20). The van der Waals surface area contributed by atoms with Crippen molar-refractivity contribution in [2.24, 2.45) is 10.6 Å². The van der Waals surface area contributed by atoms with Crippen LogP contribution in [0.25, 0.3) is 0 Å². The first-order valence-electron chi connectivity index (χ1n) is 6.75. The van der Waals surface area contributed by atoms with Crippen LogP contribution in [0.4, 0.5) is 0 Å². The van der Waals surface area contributed by atoms with Gasteiger partial charge in [-0.1, -0.05) is 26.0 Å². The van der Waals surface area contributed by atoms with Gasteiger partial charge in [0.15, 0.2) is 5.78 Å². The lowest BCUT2D eigenvalue weighted by Crippen LogP contribution is -2.27. The molecule has 0 amide bonds. The van der Waals surface area contributed by atoms with E-state index in [0.717, 1.165) is 17.7 Å². The molecule has 0 saturated heterocycles. The highest BCUT2D eigenvalue weighted by molar-refractivity contribution is 7.89. The maximum atomic E-state index is 11.7. The largest absolute Gasteiger partial charge is 0.384 e. The molecule has 5 nitrogen and oxygen atoms in total. The number of benzene rings is 1. The maximum absolute atomic E-state index is 11.7. The van der Waals surface area contributed by atoms with Gasteiger partial charge >= 0.3 is 0 Å². The van der Waals surface area contributed by atoms with Gasteiger partial charge in [-0.05, 0) is 29.5 Å². The third-order valence-electron chi connectivity index (χ3n) is 3.43. The molecule has 1 aromatic rings. The molecular weight excluding hydrogens is 288 g/mol. The van der Waals surface area contributed by atoms with Gasteiger partial charge in [-0.2, -0.15) is 0 Å². The van der Waals surface area contributed by atoms with Crippen molar-refractivity contribution >= 4 is 15.8 Å². The van der Waals surface area contributed by atoms with E-state index in [1.54, 1.807) is 18.2 Å². The molecule has 1 aromatic carbocycles. The number of carbonyl (C=O) groups excluding carboxylic acids is 1. The third kappa shape index (κ3) is 4.41. The highest BCUT2D eigenvalue weighted by Gasteiger charge is 2.27. The molecule has 2 rings (SSSR count). The van der Waals surface area contributed by atoms with Crippen molar-refractivity contribution in [2.75, 3.05) is 0 Å². The number of nitrogens with one attached hydrogen (secondary N) is 1. The molecule has 114 valence electrons. The van der Waals surface area contributed by atoms with Crippen molar-refractivity contribution in [3.63, 3.8) is 0 Å². The quantitative estimate of drug-likeness (QED) is 0.886. The summed E-state index contributed by atoms with van der Waals surface area (Å²) in [7, 11) is -3.65. The number of sulfonamides is 1. The van der Waals surface area contributed by atoms with E-state index in [1.807, 2.05) is 0 Å². The molecule has 3 N–H and O–H groups in total. The first-order chi connectivity index (χ1) is 9.66. The van der Waals surface area contributed by atoms with Crippen molar-refractivity contribution in [1.29, 1.82) is 0 Å². The van der Waals surface area contributed by atoms with Gasteiger partial charge in [-0.15, -0.1) is 0 Å². The van der Waals surface area contributed by atoms with Gasteiger partial charge in [-0.25, -0.2) is 13.6 Å². The summed E-state index contributed by atoms with van der Waals surface area (Å²) < 4.78 is 22.3. The molecule has 0 aromatic heterocycles. The Morgan fingerprint density at radius 2 is 1.81 bits per heavy atom. The Bertz CT molecular complexity index is 673. The lowest BCUT2D eigenvalue weighted by Gasteiger charge is -2.29. The van der Waals surface area contributed by atoms with Gasteiger partial charge < -0.3 is 5.32 Å². The fraction of sp³-hybridized carbons (Fsp3) is 0.400. The van der Waals surface area contributed by atoms with Gasteiger partial charge in [0.2, 0.25) is 10.0 Å². The molecular formula is C15H20N2O3S. The zero-order valence-electron chi connectivity index (χ0n) is 12.2. The number of hydrogen-bond acceptors (Lipinski definition) is 4. The van der Waals surface area contributed by atoms with Crippen LogP contribution in [0.5, 0.6) is 0 Å². The predicted molar refractivity (Wildman–Crippen MR) is 80.8 cm³/mol. The molecule has 0 fully saturated rings. The minimum atomic E-state index is -3.65. The van der Waals surface area contributed by atoms with Crippen molar-refractivity contribution in [3.05, 3.63) is 41.6 Å². The highest BCUT2D eigenvalue weighted by Crippen LogP contribution is 2.32. The van der Waals surface area contributed by atoms with E-state index in [0.29, 0.717) is 13.0 Å². The smallest absolute Gasteiger partial charge is 0.238 e. The lowest BCUT2D eigenvalue weighted by atomic mass is 9.79. The lowest BCUT2D eigenvalue weighted by molar-refractivity contribution is -0.117. The minimum absolute atomic E-state index is 0.0222. The molecule has 0 unspecified atom stereocenters. The molecule has 1 aliphatic carbocycles.